The molecule has 202 valence electrons. The molecule has 0 radical (unpaired) electrons. The van der Waals surface area contributed by atoms with Gasteiger partial charge in [0.15, 0.2) is 5.65 Å². The Balaban J connectivity index is 1.28. The van der Waals surface area contributed by atoms with Gasteiger partial charge in [0, 0.05) is 18.7 Å². The molecule has 2 aliphatic rings. The lowest BCUT2D eigenvalue weighted by atomic mass is 10.0. The molecule has 2 N–H and O–H groups in total. The lowest BCUT2D eigenvalue weighted by Crippen LogP contribution is -2.41. The molecule has 1 atom stereocenters. The number of allylic oxidation sites excluding steroid dienone is 1. The summed E-state index contributed by atoms with van der Waals surface area (Å²) in [5, 5.41) is 15.4. The van der Waals surface area contributed by atoms with Gasteiger partial charge >= 0.3 is 0 Å². The molecule has 9 nitrogen and oxygen atoms in total. The van der Waals surface area contributed by atoms with Crippen LogP contribution in [0, 0.1) is 17.2 Å². The molecule has 40 heavy (non-hydrogen) atoms. The number of nitrogens with two attached hydrogens (primary N) is 1. The fourth-order valence-corrected chi connectivity index (χ4v) is 5.78. The lowest BCUT2D eigenvalue weighted by Gasteiger charge is -2.33. The van der Waals surface area contributed by atoms with Crippen molar-refractivity contribution in [3.63, 3.8) is 0 Å². The fourth-order valence-electron chi connectivity index (χ4n) is 5.78. The van der Waals surface area contributed by atoms with Gasteiger partial charge in [-0.25, -0.2) is 14.6 Å². The van der Waals surface area contributed by atoms with Crippen molar-refractivity contribution in [1.29, 1.82) is 5.26 Å². The van der Waals surface area contributed by atoms with Gasteiger partial charge in [0.25, 0.3) is 5.91 Å². The van der Waals surface area contributed by atoms with Crippen molar-refractivity contribution in [2.75, 3.05) is 18.8 Å². The predicted molar refractivity (Wildman–Crippen MR) is 152 cm³/mol. The first kappa shape index (κ1) is 25.6. The molecule has 2 aromatic carbocycles. The van der Waals surface area contributed by atoms with Crippen molar-refractivity contribution >= 4 is 22.8 Å². The zero-order chi connectivity index (χ0) is 27.5. The third-order valence-electron chi connectivity index (χ3n) is 7.81. The molecule has 2 aromatic heterocycles. The van der Waals surface area contributed by atoms with Crippen molar-refractivity contribution in [3.8, 4) is 28.8 Å². The van der Waals surface area contributed by atoms with Crippen LogP contribution in [0.5, 0.6) is 11.5 Å². The fraction of sp³-hybridized carbons (Fsp3) is 0.323. The number of aromatic nitrogens is 4. The summed E-state index contributed by atoms with van der Waals surface area (Å²) >= 11 is 0. The minimum Gasteiger partial charge on any atom is -0.457 e. The average Bonchev–Trinajstić information content (AvgIpc) is 3.65. The maximum Gasteiger partial charge on any atom is 0.264 e. The van der Waals surface area contributed by atoms with Gasteiger partial charge in [-0.1, -0.05) is 37.1 Å². The van der Waals surface area contributed by atoms with Crippen LogP contribution in [0.15, 0.2) is 72.6 Å². The minimum atomic E-state index is -0.195. The SMILES string of the molecule is N#CC(=CC1CCCC1)C(=O)N1CCCC(n2nc(-c3ccc(Oc4ccccc4)cc3)c3c(N)ncnc32)C1. The Morgan fingerprint density at radius 1 is 1.00 bits per heavy atom. The normalized spacial score (nSPS) is 18.1. The second kappa shape index (κ2) is 11.2. The molecular formula is C31H31N7O2. The first-order chi connectivity index (χ1) is 19.6. The molecular weight excluding hydrogens is 502 g/mol. The van der Waals surface area contributed by atoms with Crippen LogP contribution in [0.1, 0.15) is 44.6 Å². The molecule has 3 heterocycles. The number of nitrogen functional groups attached to an aromatic ring is 1. The first-order valence-corrected chi connectivity index (χ1v) is 13.8. The van der Waals surface area contributed by atoms with E-state index in [9.17, 15) is 10.1 Å². The number of hydrogen-bond acceptors (Lipinski definition) is 7. The molecule has 0 bridgehead atoms. The maximum atomic E-state index is 13.3. The number of piperidine rings is 1. The van der Waals surface area contributed by atoms with E-state index in [1.807, 2.05) is 65.4 Å². The van der Waals surface area contributed by atoms with E-state index in [2.05, 4.69) is 16.0 Å². The molecule has 4 aromatic rings. The highest BCUT2D eigenvalue weighted by Crippen LogP contribution is 2.35. The van der Waals surface area contributed by atoms with Crippen molar-refractivity contribution in [2.45, 2.75) is 44.6 Å². The number of nitrogens with zero attached hydrogens (tertiary/aromatic N) is 6. The molecule has 1 amide bonds. The minimum absolute atomic E-state index is 0.102. The van der Waals surface area contributed by atoms with Gasteiger partial charge in [-0.3, -0.25) is 4.79 Å². The van der Waals surface area contributed by atoms with Gasteiger partial charge in [0.05, 0.1) is 11.4 Å². The Hall–Kier alpha value is -4.71. The van der Waals surface area contributed by atoms with Crippen LogP contribution in [0.25, 0.3) is 22.3 Å². The molecule has 1 unspecified atom stereocenters. The molecule has 6 rings (SSSR count). The molecule has 1 aliphatic carbocycles. The molecule has 2 fully saturated rings. The third-order valence-corrected chi connectivity index (χ3v) is 7.81. The summed E-state index contributed by atoms with van der Waals surface area (Å²) in [6, 6.07) is 19.4. The second-order valence-electron chi connectivity index (χ2n) is 10.5. The molecule has 1 saturated heterocycles. The Kier molecular flexibility index (Phi) is 7.15. The van der Waals surface area contributed by atoms with Gasteiger partial charge in [-0.15, -0.1) is 0 Å². The van der Waals surface area contributed by atoms with Gasteiger partial charge in [-0.2, -0.15) is 10.4 Å². The van der Waals surface area contributed by atoms with Crippen LogP contribution < -0.4 is 10.5 Å². The smallest absolute Gasteiger partial charge is 0.264 e. The Bertz CT molecular complexity index is 1580. The Morgan fingerprint density at radius 3 is 2.50 bits per heavy atom. The van der Waals surface area contributed by atoms with Crippen LogP contribution in [-0.4, -0.2) is 43.6 Å². The number of fused-ring (bicyclic) bond motifs is 1. The summed E-state index contributed by atoms with van der Waals surface area (Å²) in [7, 11) is 0. The van der Waals surface area contributed by atoms with Crippen LogP contribution in [0.2, 0.25) is 0 Å². The highest BCUT2D eigenvalue weighted by molar-refractivity contribution is 5.99. The van der Waals surface area contributed by atoms with Gasteiger partial charge < -0.3 is 15.4 Å². The number of benzene rings is 2. The number of nitriles is 1. The monoisotopic (exact) mass is 533 g/mol. The van der Waals surface area contributed by atoms with E-state index in [4.69, 9.17) is 15.6 Å². The maximum absolute atomic E-state index is 13.3. The zero-order valence-electron chi connectivity index (χ0n) is 22.2. The van der Waals surface area contributed by atoms with Gasteiger partial charge in [-0.05, 0) is 68.0 Å². The number of amides is 1. The number of likely N-dealkylation sites (tertiary alicyclic amines) is 1. The number of hydrogen-bond donors (Lipinski definition) is 1. The topological polar surface area (TPSA) is 123 Å². The average molecular weight is 534 g/mol. The van der Waals surface area contributed by atoms with Crippen molar-refractivity contribution in [3.05, 3.63) is 72.6 Å². The van der Waals surface area contributed by atoms with E-state index in [1.54, 1.807) is 4.90 Å². The number of ether oxygens (including phenoxy) is 1. The number of carbonyl (C=O) groups excluding carboxylic acids is 1. The molecule has 9 heteroatoms. The van der Waals surface area contributed by atoms with Crippen molar-refractivity contribution in [2.24, 2.45) is 5.92 Å². The second-order valence-corrected chi connectivity index (χ2v) is 10.5. The van der Waals surface area contributed by atoms with Crippen LogP contribution >= 0.6 is 0 Å². The highest BCUT2D eigenvalue weighted by atomic mass is 16.5. The summed E-state index contributed by atoms with van der Waals surface area (Å²) in [4.78, 5) is 23.9. The number of carbonyl (C=O) groups is 1. The third kappa shape index (κ3) is 5.13. The van der Waals surface area contributed by atoms with E-state index in [0.29, 0.717) is 47.3 Å². The standard InChI is InChI=1S/C31H31N7O2/c32-18-23(17-21-7-4-5-8-21)31(39)37-16-6-9-24(19-37)38-30-27(29(33)34-20-35-30)28(36-38)22-12-14-26(15-13-22)40-25-10-2-1-3-11-25/h1-3,10-15,17,20-21,24H,4-9,16,19H2,(H2,33,34,35). The Morgan fingerprint density at radius 2 is 1.75 bits per heavy atom. The molecule has 0 spiro atoms. The summed E-state index contributed by atoms with van der Waals surface area (Å²) < 4.78 is 7.82. The predicted octanol–water partition coefficient (Wildman–Crippen LogP) is 5.67. The van der Waals surface area contributed by atoms with Crippen LogP contribution in [0.4, 0.5) is 5.82 Å². The lowest BCUT2D eigenvalue weighted by molar-refractivity contribution is -0.128. The van der Waals surface area contributed by atoms with Crippen molar-refractivity contribution in [1.82, 2.24) is 24.6 Å². The summed E-state index contributed by atoms with van der Waals surface area (Å²) in [5.41, 5.74) is 8.77. The summed E-state index contributed by atoms with van der Waals surface area (Å²) in [5.74, 6) is 1.95. The zero-order valence-corrected chi connectivity index (χ0v) is 22.2. The molecule has 1 aliphatic heterocycles. The first-order valence-electron chi connectivity index (χ1n) is 13.8. The number of rotatable bonds is 6. The van der Waals surface area contributed by atoms with Crippen LogP contribution in [-0.2, 0) is 4.79 Å². The van der Waals surface area contributed by atoms with E-state index in [1.165, 1.54) is 6.33 Å². The van der Waals surface area contributed by atoms with Gasteiger partial charge in [0.2, 0.25) is 0 Å². The number of anilines is 1. The van der Waals surface area contributed by atoms with E-state index in [-0.39, 0.29) is 17.5 Å². The van der Waals surface area contributed by atoms with E-state index < -0.39 is 0 Å². The Labute approximate surface area is 232 Å². The van der Waals surface area contributed by atoms with E-state index in [0.717, 1.165) is 49.8 Å². The summed E-state index contributed by atoms with van der Waals surface area (Å²) in [6.07, 6.45) is 9.38. The molecule has 1 saturated carbocycles. The van der Waals surface area contributed by atoms with Crippen LogP contribution in [0.3, 0.4) is 0 Å². The largest absolute Gasteiger partial charge is 0.457 e. The van der Waals surface area contributed by atoms with Gasteiger partial charge in [0.1, 0.15) is 41.0 Å². The number of para-hydroxylation sites is 1. The van der Waals surface area contributed by atoms with E-state index >= 15 is 0 Å². The summed E-state index contributed by atoms with van der Waals surface area (Å²) in [6.45, 7) is 1.07. The quantitative estimate of drug-likeness (QED) is 0.250. The highest BCUT2D eigenvalue weighted by Gasteiger charge is 2.30. The van der Waals surface area contributed by atoms with Crippen molar-refractivity contribution < 1.29 is 9.53 Å².